The van der Waals surface area contributed by atoms with Gasteiger partial charge in [-0.2, -0.15) is 0 Å². The first-order valence-electron chi connectivity index (χ1n) is 9.11. The summed E-state index contributed by atoms with van der Waals surface area (Å²) in [5.41, 5.74) is 2.52. The fraction of sp³-hybridized carbons (Fsp3) is 0.350. The van der Waals surface area contributed by atoms with Gasteiger partial charge in [0.15, 0.2) is 9.84 Å². The Morgan fingerprint density at radius 3 is 2.37 bits per heavy atom. The van der Waals surface area contributed by atoms with Crippen LogP contribution in [0.4, 0.5) is 17.1 Å². The van der Waals surface area contributed by atoms with E-state index in [0.29, 0.717) is 5.69 Å². The Labute approximate surface area is 160 Å². The lowest BCUT2D eigenvalue weighted by molar-refractivity contribution is -0.114. The van der Waals surface area contributed by atoms with Gasteiger partial charge in [-0.05, 0) is 61.7 Å². The third-order valence-corrected chi connectivity index (χ3v) is 5.70. The van der Waals surface area contributed by atoms with Crippen LogP contribution >= 0.6 is 0 Å². The van der Waals surface area contributed by atoms with Crippen LogP contribution in [-0.4, -0.2) is 40.2 Å². The van der Waals surface area contributed by atoms with E-state index in [0.717, 1.165) is 25.0 Å². The summed E-state index contributed by atoms with van der Waals surface area (Å²) >= 11 is 0. The van der Waals surface area contributed by atoms with Crippen LogP contribution in [0.5, 0.6) is 0 Å². The number of rotatable bonds is 6. The Balaban J connectivity index is 1.53. The Bertz CT molecular complexity index is 889. The van der Waals surface area contributed by atoms with E-state index in [2.05, 4.69) is 15.5 Å². The maximum Gasteiger partial charge on any atom is 0.243 e. The van der Waals surface area contributed by atoms with Gasteiger partial charge in [-0.1, -0.05) is 6.07 Å². The first-order valence-corrected chi connectivity index (χ1v) is 11.0. The van der Waals surface area contributed by atoms with Crippen molar-refractivity contribution in [3.8, 4) is 0 Å². The van der Waals surface area contributed by atoms with Crippen LogP contribution in [-0.2, 0) is 14.6 Å². The van der Waals surface area contributed by atoms with E-state index in [9.17, 15) is 13.2 Å². The maximum absolute atomic E-state index is 12.2. The van der Waals surface area contributed by atoms with Crippen LogP contribution < -0.4 is 15.5 Å². The Hall–Kier alpha value is -2.54. The zero-order valence-corrected chi connectivity index (χ0v) is 16.3. The molecule has 0 saturated carbocycles. The van der Waals surface area contributed by atoms with Crippen LogP contribution in [0.15, 0.2) is 53.4 Å². The smallest absolute Gasteiger partial charge is 0.243 e. The number of amides is 1. The third-order valence-electron chi connectivity index (χ3n) is 4.59. The molecule has 6 nitrogen and oxygen atoms in total. The highest BCUT2D eigenvalue weighted by Crippen LogP contribution is 2.22. The molecule has 0 atom stereocenters. The van der Waals surface area contributed by atoms with Gasteiger partial charge in [-0.25, -0.2) is 8.42 Å². The van der Waals surface area contributed by atoms with Gasteiger partial charge >= 0.3 is 0 Å². The second-order valence-electron chi connectivity index (χ2n) is 6.80. The lowest BCUT2D eigenvalue weighted by Crippen LogP contribution is -2.29. The maximum atomic E-state index is 12.2. The molecule has 1 saturated heterocycles. The molecular formula is C20H25N3O3S. The lowest BCUT2D eigenvalue weighted by Gasteiger charge is -2.28. The summed E-state index contributed by atoms with van der Waals surface area (Å²) in [5.74, 6) is -0.189. The quantitative estimate of drug-likeness (QED) is 0.796. The molecular weight excluding hydrogens is 362 g/mol. The number of carbonyl (C=O) groups is 1. The monoisotopic (exact) mass is 387 g/mol. The predicted octanol–water partition coefficient (Wildman–Crippen LogP) is 3.13. The topological polar surface area (TPSA) is 78.5 Å². The summed E-state index contributed by atoms with van der Waals surface area (Å²) in [5, 5.41) is 5.80. The van der Waals surface area contributed by atoms with Crippen molar-refractivity contribution in [2.75, 3.05) is 41.4 Å². The number of sulfone groups is 1. The minimum Gasteiger partial charge on any atom is -0.376 e. The molecule has 0 radical (unpaired) electrons. The van der Waals surface area contributed by atoms with Gasteiger partial charge in [-0.3, -0.25) is 4.79 Å². The normalized spacial score (nSPS) is 14.6. The van der Waals surface area contributed by atoms with Gasteiger partial charge in [0.05, 0.1) is 11.4 Å². The van der Waals surface area contributed by atoms with Gasteiger partial charge in [0, 0.05) is 36.4 Å². The van der Waals surface area contributed by atoms with E-state index >= 15 is 0 Å². The van der Waals surface area contributed by atoms with Crippen LogP contribution in [0.3, 0.4) is 0 Å². The first-order chi connectivity index (χ1) is 12.9. The summed E-state index contributed by atoms with van der Waals surface area (Å²) in [6, 6.07) is 14.3. The highest BCUT2D eigenvalue weighted by Gasteiger charge is 2.11. The summed E-state index contributed by atoms with van der Waals surface area (Å²) in [7, 11) is -3.27. The first kappa shape index (κ1) is 19.2. The van der Waals surface area contributed by atoms with Crippen LogP contribution in [0.1, 0.15) is 19.3 Å². The van der Waals surface area contributed by atoms with Gasteiger partial charge in [-0.15, -0.1) is 0 Å². The van der Waals surface area contributed by atoms with E-state index in [4.69, 9.17) is 0 Å². The van der Waals surface area contributed by atoms with E-state index < -0.39 is 9.84 Å². The molecule has 0 unspecified atom stereocenters. The second kappa shape index (κ2) is 8.43. The molecule has 0 spiro atoms. The number of anilines is 3. The molecule has 1 heterocycles. The van der Waals surface area contributed by atoms with E-state index in [1.807, 2.05) is 24.3 Å². The standard InChI is InChI=1S/C20H25N3O3S/c1-27(25,26)19-7-5-6-17(14-19)21-15-20(24)22-16-8-10-18(11-9-16)23-12-3-2-4-13-23/h5-11,14,21H,2-4,12-13,15H2,1H3,(H,22,24). The molecule has 7 heteroatoms. The lowest BCUT2D eigenvalue weighted by atomic mass is 10.1. The number of hydrogen-bond acceptors (Lipinski definition) is 5. The predicted molar refractivity (Wildman–Crippen MR) is 109 cm³/mol. The summed E-state index contributed by atoms with van der Waals surface area (Å²) in [6.07, 6.45) is 4.91. The van der Waals surface area contributed by atoms with Crippen LogP contribution in [0, 0.1) is 0 Å². The molecule has 2 aromatic carbocycles. The fourth-order valence-electron chi connectivity index (χ4n) is 3.13. The third kappa shape index (κ3) is 5.47. The molecule has 0 aromatic heterocycles. The highest BCUT2D eigenvalue weighted by atomic mass is 32.2. The van der Waals surface area contributed by atoms with E-state index in [-0.39, 0.29) is 17.3 Å². The second-order valence-corrected chi connectivity index (χ2v) is 8.81. The summed E-state index contributed by atoms with van der Waals surface area (Å²) < 4.78 is 23.2. The van der Waals surface area contributed by atoms with Crippen molar-refractivity contribution in [1.82, 2.24) is 0 Å². The van der Waals surface area contributed by atoms with E-state index in [1.165, 1.54) is 37.1 Å². The van der Waals surface area contributed by atoms with Crippen molar-refractivity contribution in [2.24, 2.45) is 0 Å². The SMILES string of the molecule is CS(=O)(=O)c1cccc(NCC(=O)Nc2ccc(N3CCCCC3)cc2)c1. The number of nitrogens with one attached hydrogen (secondary N) is 2. The molecule has 1 aliphatic rings. The van der Waals surface area contributed by atoms with Crippen LogP contribution in [0.25, 0.3) is 0 Å². The molecule has 0 aliphatic carbocycles. The number of hydrogen-bond donors (Lipinski definition) is 2. The Morgan fingerprint density at radius 2 is 1.70 bits per heavy atom. The zero-order valence-electron chi connectivity index (χ0n) is 15.4. The van der Waals surface area contributed by atoms with Crippen molar-refractivity contribution in [3.05, 3.63) is 48.5 Å². The van der Waals surface area contributed by atoms with Crippen molar-refractivity contribution in [2.45, 2.75) is 24.2 Å². The number of benzene rings is 2. The molecule has 1 aliphatic heterocycles. The molecule has 144 valence electrons. The molecule has 27 heavy (non-hydrogen) atoms. The highest BCUT2D eigenvalue weighted by molar-refractivity contribution is 7.90. The molecule has 0 bridgehead atoms. The van der Waals surface area contributed by atoms with Gasteiger partial charge < -0.3 is 15.5 Å². The fourth-order valence-corrected chi connectivity index (χ4v) is 3.80. The van der Waals surface area contributed by atoms with Crippen molar-refractivity contribution in [3.63, 3.8) is 0 Å². The van der Waals surface area contributed by atoms with Crippen molar-refractivity contribution < 1.29 is 13.2 Å². The van der Waals surface area contributed by atoms with Gasteiger partial charge in [0.2, 0.25) is 5.91 Å². The van der Waals surface area contributed by atoms with Gasteiger partial charge in [0.25, 0.3) is 0 Å². The molecule has 2 aromatic rings. The molecule has 1 amide bonds. The average Bonchev–Trinajstić information content (AvgIpc) is 2.67. The molecule has 1 fully saturated rings. The minimum absolute atomic E-state index is 0.0566. The molecule has 3 rings (SSSR count). The van der Waals surface area contributed by atoms with Gasteiger partial charge in [0.1, 0.15) is 0 Å². The summed E-state index contributed by atoms with van der Waals surface area (Å²) in [6.45, 7) is 2.23. The minimum atomic E-state index is -3.27. The van der Waals surface area contributed by atoms with Crippen molar-refractivity contribution in [1.29, 1.82) is 0 Å². The summed E-state index contributed by atoms with van der Waals surface area (Å²) in [4.78, 5) is 14.7. The van der Waals surface area contributed by atoms with E-state index in [1.54, 1.807) is 12.1 Å². The number of piperidine rings is 1. The largest absolute Gasteiger partial charge is 0.376 e. The average molecular weight is 388 g/mol. The van der Waals surface area contributed by atoms with Crippen molar-refractivity contribution >= 4 is 32.8 Å². The Morgan fingerprint density at radius 1 is 1.00 bits per heavy atom. The zero-order chi connectivity index (χ0) is 19.3. The molecule has 2 N–H and O–H groups in total. The number of carbonyl (C=O) groups excluding carboxylic acids is 1. The number of nitrogens with zero attached hydrogens (tertiary/aromatic N) is 1. The Kier molecular flexibility index (Phi) is 6.01. The van der Waals surface area contributed by atoms with Crippen LogP contribution in [0.2, 0.25) is 0 Å².